The number of aryl methyl sites for hydroxylation is 2. The van der Waals surface area contributed by atoms with Crippen molar-refractivity contribution in [3.63, 3.8) is 0 Å². The summed E-state index contributed by atoms with van der Waals surface area (Å²) < 4.78 is 27.7. The van der Waals surface area contributed by atoms with Gasteiger partial charge in [0.1, 0.15) is 0 Å². The highest BCUT2D eigenvalue weighted by molar-refractivity contribution is 7.88. The summed E-state index contributed by atoms with van der Waals surface area (Å²) in [5, 5.41) is 14.8. The van der Waals surface area contributed by atoms with Crippen LogP contribution in [0.1, 0.15) is 47.9 Å². The zero-order valence-electron chi connectivity index (χ0n) is 17.1. The van der Waals surface area contributed by atoms with Gasteiger partial charge in [0.25, 0.3) is 15.2 Å². The molecule has 3 N–H and O–H groups in total. The molecule has 0 atom stereocenters. The maximum Gasteiger partial charge on any atom is 0.278 e. The molecule has 9 heteroatoms. The largest absolute Gasteiger partial charge is 0.324 e. The molecule has 3 heterocycles. The van der Waals surface area contributed by atoms with E-state index >= 15 is 0 Å². The van der Waals surface area contributed by atoms with Crippen LogP contribution in [-0.4, -0.2) is 54.1 Å². The highest BCUT2D eigenvalue weighted by Crippen LogP contribution is 2.40. The molecule has 2 saturated heterocycles. The van der Waals surface area contributed by atoms with Crippen LogP contribution < -0.4 is 10.6 Å². The van der Waals surface area contributed by atoms with Gasteiger partial charge in [0.15, 0.2) is 0 Å². The molecule has 30 heavy (non-hydrogen) atoms. The van der Waals surface area contributed by atoms with Gasteiger partial charge in [-0.1, -0.05) is 6.07 Å². The maximum atomic E-state index is 13.1. The van der Waals surface area contributed by atoms with Gasteiger partial charge in [-0.3, -0.25) is 4.98 Å². The normalized spacial score (nSPS) is 22.7. The molecule has 2 aliphatic heterocycles. The van der Waals surface area contributed by atoms with Crippen LogP contribution in [-0.2, 0) is 35.7 Å². The fourth-order valence-electron chi connectivity index (χ4n) is 5.66. The molecule has 0 saturated carbocycles. The van der Waals surface area contributed by atoms with E-state index in [0.717, 1.165) is 57.3 Å². The summed E-state index contributed by atoms with van der Waals surface area (Å²) in [5.41, 5.74) is 7.03. The van der Waals surface area contributed by atoms with Crippen molar-refractivity contribution in [3.8, 4) is 0 Å². The number of aromatic amines is 1. The average Bonchev–Trinajstić information content (AvgIpc) is 3.47. The SMILES string of the molecule is O=S(=O)(c1nnc(Nc2c3c(cc4c2CCC4)CCC3)[nH]1)N1CCC2(CC1)CNC2. The second-order valence-electron chi connectivity index (χ2n) is 9.35. The molecule has 1 aromatic heterocycles. The van der Waals surface area contributed by atoms with E-state index in [1.807, 2.05) is 0 Å². The fraction of sp³-hybridized carbons (Fsp3) is 0.619. The second-order valence-corrected chi connectivity index (χ2v) is 11.2. The Morgan fingerprint density at radius 3 is 2.23 bits per heavy atom. The highest BCUT2D eigenvalue weighted by atomic mass is 32.2. The summed E-state index contributed by atoms with van der Waals surface area (Å²) in [7, 11) is -3.65. The molecule has 6 rings (SSSR count). The van der Waals surface area contributed by atoms with Crippen LogP contribution >= 0.6 is 0 Å². The fourth-order valence-corrected chi connectivity index (χ4v) is 6.94. The van der Waals surface area contributed by atoms with Gasteiger partial charge < -0.3 is 10.6 Å². The standard InChI is InChI=1S/C21H28N6O2S/c28-30(29,27-9-7-21(8-10-27)12-22-13-21)20-24-19(25-26-20)23-18-16-5-1-3-14(16)11-15-4-2-6-17(15)18/h11,22H,1-10,12-13H2,(H2,23,24,25,26). The van der Waals surface area contributed by atoms with Crippen molar-refractivity contribution in [3.05, 3.63) is 28.3 Å². The lowest BCUT2D eigenvalue weighted by molar-refractivity contribution is 0.0869. The van der Waals surface area contributed by atoms with E-state index in [4.69, 9.17) is 0 Å². The Balaban J connectivity index is 1.25. The summed E-state index contributed by atoms with van der Waals surface area (Å²) in [6.07, 6.45) is 8.53. The molecule has 0 radical (unpaired) electrons. The van der Waals surface area contributed by atoms with Gasteiger partial charge in [-0.15, -0.1) is 10.2 Å². The molecule has 4 aliphatic rings. The molecular weight excluding hydrogens is 400 g/mol. The van der Waals surface area contributed by atoms with Crippen molar-refractivity contribution < 1.29 is 8.42 Å². The van der Waals surface area contributed by atoms with E-state index in [1.54, 1.807) is 4.31 Å². The van der Waals surface area contributed by atoms with E-state index in [-0.39, 0.29) is 5.16 Å². The van der Waals surface area contributed by atoms with E-state index in [1.165, 1.54) is 35.1 Å². The molecule has 2 aromatic rings. The number of hydrogen-bond acceptors (Lipinski definition) is 6. The van der Waals surface area contributed by atoms with Crippen LogP contribution in [0.4, 0.5) is 11.6 Å². The third-order valence-corrected chi connectivity index (χ3v) is 9.27. The number of benzene rings is 1. The molecule has 0 amide bonds. The van der Waals surface area contributed by atoms with E-state index < -0.39 is 10.0 Å². The molecule has 1 aromatic carbocycles. The Bertz CT molecular complexity index is 1060. The van der Waals surface area contributed by atoms with Gasteiger partial charge in [-0.25, -0.2) is 8.42 Å². The van der Waals surface area contributed by atoms with Crippen molar-refractivity contribution in [1.82, 2.24) is 24.8 Å². The number of nitrogens with one attached hydrogen (secondary N) is 3. The third-order valence-electron chi connectivity index (χ3n) is 7.55. The van der Waals surface area contributed by atoms with Crippen LogP contribution in [0.3, 0.4) is 0 Å². The number of fused-ring (bicyclic) bond motifs is 2. The first-order valence-corrected chi connectivity index (χ1v) is 12.6. The summed E-state index contributed by atoms with van der Waals surface area (Å²) in [6, 6.07) is 2.38. The zero-order chi connectivity index (χ0) is 20.3. The number of hydrogen-bond donors (Lipinski definition) is 3. The number of sulfonamides is 1. The van der Waals surface area contributed by atoms with Gasteiger partial charge in [-0.2, -0.15) is 4.31 Å². The van der Waals surface area contributed by atoms with Crippen molar-refractivity contribution >= 4 is 21.7 Å². The summed E-state index contributed by atoms with van der Waals surface area (Å²) >= 11 is 0. The second kappa shape index (κ2) is 6.77. The minimum atomic E-state index is -3.65. The van der Waals surface area contributed by atoms with Gasteiger partial charge in [-0.05, 0) is 79.0 Å². The quantitative estimate of drug-likeness (QED) is 0.687. The predicted molar refractivity (Wildman–Crippen MR) is 113 cm³/mol. The van der Waals surface area contributed by atoms with Crippen LogP contribution in [0.2, 0.25) is 0 Å². The van der Waals surface area contributed by atoms with Crippen molar-refractivity contribution in [1.29, 1.82) is 0 Å². The number of nitrogens with zero attached hydrogens (tertiary/aromatic N) is 3. The Kier molecular flexibility index (Phi) is 4.23. The molecule has 8 nitrogen and oxygen atoms in total. The zero-order valence-corrected chi connectivity index (χ0v) is 17.9. The van der Waals surface area contributed by atoms with Gasteiger partial charge in [0.2, 0.25) is 5.95 Å². The number of anilines is 2. The Morgan fingerprint density at radius 2 is 1.63 bits per heavy atom. The van der Waals surface area contributed by atoms with Gasteiger partial charge in [0.05, 0.1) is 0 Å². The van der Waals surface area contributed by atoms with E-state index in [0.29, 0.717) is 24.5 Å². The Morgan fingerprint density at radius 1 is 0.967 bits per heavy atom. The number of rotatable bonds is 4. The van der Waals surface area contributed by atoms with Gasteiger partial charge in [0, 0.05) is 31.9 Å². The topological polar surface area (TPSA) is 103 Å². The lowest BCUT2D eigenvalue weighted by Gasteiger charge is -2.47. The third kappa shape index (κ3) is 2.90. The Hall–Kier alpha value is -1.97. The molecular formula is C21H28N6O2S. The van der Waals surface area contributed by atoms with Crippen molar-refractivity contribution in [2.45, 2.75) is 56.5 Å². The summed E-state index contributed by atoms with van der Waals surface area (Å²) in [4.78, 5) is 2.95. The van der Waals surface area contributed by atoms with Crippen LogP contribution in [0.15, 0.2) is 11.2 Å². The van der Waals surface area contributed by atoms with E-state index in [2.05, 4.69) is 31.9 Å². The number of piperidine rings is 1. The first-order valence-electron chi connectivity index (χ1n) is 11.1. The van der Waals surface area contributed by atoms with Crippen LogP contribution in [0.25, 0.3) is 0 Å². The number of H-pyrrole nitrogens is 1. The lowest BCUT2D eigenvalue weighted by Crippen LogP contribution is -2.58. The molecule has 0 bridgehead atoms. The first-order chi connectivity index (χ1) is 14.5. The van der Waals surface area contributed by atoms with Gasteiger partial charge >= 0.3 is 0 Å². The Labute approximate surface area is 176 Å². The smallest absolute Gasteiger partial charge is 0.278 e. The van der Waals surface area contributed by atoms with Crippen molar-refractivity contribution in [2.75, 3.05) is 31.5 Å². The van der Waals surface area contributed by atoms with Crippen molar-refractivity contribution in [2.24, 2.45) is 5.41 Å². The molecule has 1 spiro atoms. The summed E-state index contributed by atoms with van der Waals surface area (Å²) in [6.45, 7) is 3.10. The minimum absolute atomic E-state index is 0.0584. The average molecular weight is 429 g/mol. The highest BCUT2D eigenvalue weighted by Gasteiger charge is 2.43. The lowest BCUT2D eigenvalue weighted by atomic mass is 9.74. The maximum absolute atomic E-state index is 13.1. The van der Waals surface area contributed by atoms with Crippen LogP contribution in [0.5, 0.6) is 0 Å². The monoisotopic (exact) mass is 428 g/mol. The number of aromatic nitrogens is 3. The molecule has 2 aliphatic carbocycles. The van der Waals surface area contributed by atoms with Crippen LogP contribution in [0, 0.1) is 5.41 Å². The molecule has 160 valence electrons. The summed E-state index contributed by atoms with van der Waals surface area (Å²) in [5.74, 6) is 0.416. The molecule has 2 fully saturated rings. The minimum Gasteiger partial charge on any atom is -0.324 e. The molecule has 0 unspecified atom stereocenters. The van der Waals surface area contributed by atoms with E-state index in [9.17, 15) is 8.42 Å². The first kappa shape index (κ1) is 18.8. The predicted octanol–water partition coefficient (Wildman–Crippen LogP) is 1.90.